The van der Waals surface area contributed by atoms with Crippen LogP contribution < -0.4 is 0 Å². The second kappa shape index (κ2) is 2.68. The number of hydrogen-bond acceptors (Lipinski definition) is 0. The van der Waals surface area contributed by atoms with Gasteiger partial charge in [-0.1, -0.05) is 11.6 Å². The van der Waals surface area contributed by atoms with Gasteiger partial charge >= 0.3 is 12.3 Å². The molecule has 0 saturated carbocycles. The Balaban J connectivity index is 4.01. The van der Waals surface area contributed by atoms with Crippen molar-refractivity contribution in [1.29, 1.82) is 0 Å². The second-order valence-corrected chi connectivity index (χ2v) is 1.66. The van der Waals surface area contributed by atoms with Crippen LogP contribution in [0.3, 0.4) is 0 Å². The lowest BCUT2D eigenvalue weighted by molar-refractivity contribution is -0.150. The van der Waals surface area contributed by atoms with Crippen molar-refractivity contribution in [3.63, 3.8) is 0 Å². The van der Waals surface area contributed by atoms with Gasteiger partial charge in [0.1, 0.15) is 0 Å². The summed E-state index contributed by atoms with van der Waals surface area (Å²) in [4.78, 5) is 0. The highest BCUT2D eigenvalue weighted by atomic mass is 35.5. The van der Waals surface area contributed by atoms with E-state index >= 15 is 0 Å². The fraction of sp³-hybridized carbons (Fsp3) is 1.00. The van der Waals surface area contributed by atoms with Crippen LogP contribution in [-0.4, -0.2) is 18.0 Å². The molecule has 0 bridgehead atoms. The van der Waals surface area contributed by atoms with E-state index in [4.69, 9.17) is 0 Å². The lowest BCUT2D eigenvalue weighted by atomic mass is 10.4. The lowest BCUT2D eigenvalue weighted by Gasteiger charge is -2.13. The van der Waals surface area contributed by atoms with Crippen LogP contribution in [0.2, 0.25) is 0 Å². The molecule has 6 heteroatoms. The monoisotopic (exact) mass is 168 g/mol. The van der Waals surface area contributed by atoms with Gasteiger partial charge in [-0.25, -0.2) is 13.2 Å². The van der Waals surface area contributed by atoms with E-state index in [2.05, 4.69) is 11.6 Å². The van der Waals surface area contributed by atoms with Gasteiger partial charge in [0.15, 0.2) is 0 Å². The molecule has 56 valence electrons. The summed E-state index contributed by atoms with van der Waals surface area (Å²) in [6, 6.07) is 0. The van der Waals surface area contributed by atoms with Gasteiger partial charge in [-0.2, -0.15) is 8.78 Å². The number of hydrogen-bond donors (Lipinski definition) is 0. The molecule has 1 atom stereocenters. The Morgan fingerprint density at radius 3 is 1.44 bits per heavy atom. The fourth-order valence-corrected chi connectivity index (χ4v) is 0.190. The highest BCUT2D eigenvalue weighted by Gasteiger charge is 2.48. The molecule has 1 unspecified atom stereocenters. The zero-order valence-electron chi connectivity index (χ0n) is 3.92. The second-order valence-electron chi connectivity index (χ2n) is 1.28. The van der Waals surface area contributed by atoms with E-state index < -0.39 is 18.0 Å². The third kappa shape index (κ3) is 1.97. The fourth-order valence-electron chi connectivity index (χ4n) is 0.0952. The summed E-state index contributed by atoms with van der Waals surface area (Å²) < 4.78 is 56.1. The Hall–Kier alpha value is -0.0600. The number of halogens is 6. The Kier molecular flexibility index (Phi) is 2.66. The van der Waals surface area contributed by atoms with Gasteiger partial charge in [-0.3, -0.25) is 0 Å². The maximum atomic E-state index is 11.4. The highest BCUT2D eigenvalue weighted by molar-refractivity contribution is 6.20. The van der Waals surface area contributed by atoms with Crippen LogP contribution in [0.1, 0.15) is 0 Å². The molecule has 0 aliphatic carbocycles. The van der Waals surface area contributed by atoms with Gasteiger partial charge < -0.3 is 0 Å². The highest BCUT2D eigenvalue weighted by Crippen LogP contribution is 2.30. The van der Waals surface area contributed by atoms with E-state index in [1.54, 1.807) is 0 Å². The van der Waals surface area contributed by atoms with Crippen molar-refractivity contribution in [2.24, 2.45) is 0 Å². The summed E-state index contributed by atoms with van der Waals surface area (Å²) in [5, 5.41) is 0. The van der Waals surface area contributed by atoms with Crippen molar-refractivity contribution in [3.8, 4) is 0 Å². The van der Waals surface area contributed by atoms with Gasteiger partial charge in [0.25, 0.3) is 0 Å². The summed E-state index contributed by atoms with van der Waals surface area (Å²) in [7, 11) is 0. The predicted molar refractivity (Wildman–Crippen MR) is 21.7 cm³/mol. The Morgan fingerprint density at radius 2 is 1.44 bits per heavy atom. The maximum Gasteiger partial charge on any atom is 0.351 e. The van der Waals surface area contributed by atoms with Crippen LogP contribution in [0, 0.1) is 0 Å². The van der Waals surface area contributed by atoms with Crippen LogP contribution in [0.4, 0.5) is 22.0 Å². The summed E-state index contributed by atoms with van der Waals surface area (Å²) in [6.45, 7) is 0. The molecule has 0 rings (SSSR count). The van der Waals surface area contributed by atoms with Gasteiger partial charge in [0.2, 0.25) is 5.63 Å². The SMILES string of the molecule is FC(F)C(F)(F)C(F)Cl. The van der Waals surface area contributed by atoms with Crippen LogP contribution in [-0.2, 0) is 0 Å². The maximum absolute atomic E-state index is 11.4. The molecule has 0 N–H and O–H groups in total. The van der Waals surface area contributed by atoms with E-state index in [1.807, 2.05) is 0 Å². The summed E-state index contributed by atoms with van der Waals surface area (Å²) in [5.41, 5.74) is -3.32. The summed E-state index contributed by atoms with van der Waals surface area (Å²) >= 11 is 4.07. The van der Waals surface area contributed by atoms with Gasteiger partial charge in [-0.15, -0.1) is 0 Å². The molecule has 0 fully saturated rings. The topological polar surface area (TPSA) is 0 Å². The normalized spacial score (nSPS) is 16.3. The molecule has 0 aliphatic heterocycles. The van der Waals surface area contributed by atoms with Gasteiger partial charge in [0, 0.05) is 0 Å². The molecule has 0 aromatic heterocycles. The first-order valence-electron chi connectivity index (χ1n) is 1.83. The number of alkyl halides is 6. The van der Waals surface area contributed by atoms with Gasteiger partial charge in [-0.05, 0) is 0 Å². The quantitative estimate of drug-likeness (QED) is 0.439. The largest absolute Gasteiger partial charge is 0.351 e. The molecule has 0 saturated heterocycles. The average molecular weight is 168 g/mol. The molecule has 0 spiro atoms. The van der Waals surface area contributed by atoms with Crippen molar-refractivity contribution in [2.75, 3.05) is 0 Å². The number of rotatable bonds is 2. The minimum Gasteiger partial charge on any atom is -0.223 e. The third-order valence-corrected chi connectivity index (χ3v) is 0.873. The van der Waals surface area contributed by atoms with Crippen molar-refractivity contribution >= 4 is 11.6 Å². The summed E-state index contributed by atoms with van der Waals surface area (Å²) in [6.07, 6.45) is -4.05. The molecule has 9 heavy (non-hydrogen) atoms. The van der Waals surface area contributed by atoms with Crippen LogP contribution in [0.5, 0.6) is 0 Å². The molecule has 0 aromatic rings. The van der Waals surface area contributed by atoms with Gasteiger partial charge in [0.05, 0.1) is 0 Å². The van der Waals surface area contributed by atoms with E-state index in [0.717, 1.165) is 0 Å². The minimum atomic E-state index is -4.73. The van der Waals surface area contributed by atoms with Crippen LogP contribution >= 0.6 is 11.6 Å². The molecule has 0 radical (unpaired) electrons. The molecule has 0 nitrogen and oxygen atoms in total. The molecule has 0 aromatic carbocycles. The zero-order chi connectivity index (χ0) is 7.65. The van der Waals surface area contributed by atoms with E-state index in [-0.39, 0.29) is 0 Å². The van der Waals surface area contributed by atoms with E-state index in [0.29, 0.717) is 0 Å². The van der Waals surface area contributed by atoms with Crippen molar-refractivity contribution < 1.29 is 22.0 Å². The Labute approximate surface area is 52.6 Å². The van der Waals surface area contributed by atoms with Crippen LogP contribution in [0.25, 0.3) is 0 Å². The molecular weight excluding hydrogens is 166 g/mol. The smallest absolute Gasteiger partial charge is 0.223 e. The van der Waals surface area contributed by atoms with Crippen molar-refractivity contribution in [2.45, 2.75) is 18.0 Å². The van der Waals surface area contributed by atoms with E-state index in [1.165, 1.54) is 0 Å². The molecular formula is C3H2ClF5. The van der Waals surface area contributed by atoms with Crippen LogP contribution in [0.15, 0.2) is 0 Å². The molecule has 0 amide bonds. The van der Waals surface area contributed by atoms with Crippen molar-refractivity contribution in [3.05, 3.63) is 0 Å². The molecule has 0 aliphatic rings. The summed E-state index contributed by atoms with van der Waals surface area (Å²) in [5.74, 6) is -4.73. The van der Waals surface area contributed by atoms with E-state index in [9.17, 15) is 22.0 Å². The predicted octanol–water partition coefficient (Wildman–Crippen LogP) is 2.42. The minimum absolute atomic E-state index is 3.32. The third-order valence-electron chi connectivity index (χ3n) is 0.582. The lowest BCUT2D eigenvalue weighted by Crippen LogP contribution is -2.34. The average Bonchev–Trinajstić information content (AvgIpc) is 1.65. The molecule has 0 heterocycles. The standard InChI is InChI=1S/C3H2ClF5/c4-1(5)3(8,9)2(6)7/h1-2H. The van der Waals surface area contributed by atoms with Crippen molar-refractivity contribution in [1.82, 2.24) is 0 Å². The first-order valence-corrected chi connectivity index (χ1v) is 2.26. The first kappa shape index (κ1) is 8.94. The Morgan fingerprint density at radius 1 is 1.11 bits per heavy atom. The Bertz CT molecular complexity index is 80.2. The zero-order valence-corrected chi connectivity index (χ0v) is 4.68. The first-order chi connectivity index (χ1) is 3.89.